The van der Waals surface area contributed by atoms with Gasteiger partial charge in [0.2, 0.25) is 0 Å². The van der Waals surface area contributed by atoms with Crippen molar-refractivity contribution >= 4 is 33.7 Å². The van der Waals surface area contributed by atoms with Gasteiger partial charge >= 0.3 is 0 Å². The maximum Gasteiger partial charge on any atom is 0.264 e. The molecule has 0 bridgehead atoms. The van der Waals surface area contributed by atoms with Crippen molar-refractivity contribution < 1.29 is 13.2 Å². The summed E-state index contributed by atoms with van der Waals surface area (Å²) in [4.78, 5) is 6.12. The number of aryl methyl sites for hydroxylation is 1. The van der Waals surface area contributed by atoms with Crippen LogP contribution in [0.15, 0.2) is 24.4 Å². The maximum absolute atomic E-state index is 14.4. The zero-order chi connectivity index (χ0) is 22.6. The van der Waals surface area contributed by atoms with Crippen LogP contribution in [0.3, 0.4) is 0 Å². The first-order valence-electron chi connectivity index (χ1n) is 10.4. The van der Waals surface area contributed by atoms with E-state index in [0.29, 0.717) is 35.8 Å². The minimum Gasteiger partial charge on any atom is -0.368 e. The lowest BCUT2D eigenvalue weighted by Crippen LogP contribution is -2.54. The van der Waals surface area contributed by atoms with Crippen LogP contribution in [0.2, 0.25) is 0 Å². The molecular weight excluding hydrogens is 421 g/mol. The van der Waals surface area contributed by atoms with E-state index in [0.717, 1.165) is 0 Å². The molecule has 2 atom stereocenters. The van der Waals surface area contributed by atoms with Crippen LogP contribution in [0.1, 0.15) is 31.7 Å². The van der Waals surface area contributed by atoms with E-state index in [9.17, 15) is 13.2 Å². The highest BCUT2D eigenvalue weighted by Crippen LogP contribution is 2.37. The summed E-state index contributed by atoms with van der Waals surface area (Å²) in [6, 6.07) is 5.07. The summed E-state index contributed by atoms with van der Waals surface area (Å²) < 4.78 is 43.9. The van der Waals surface area contributed by atoms with Crippen LogP contribution >= 0.6 is 0 Å². The van der Waals surface area contributed by atoms with Gasteiger partial charge in [0.25, 0.3) is 6.43 Å². The molecule has 0 aliphatic carbocycles. The SMILES string of the molecule is Cc1nc2c(F)cc(Nc3n[nH]c4cc(N5C[C@H](C)N[C@@H](C)C5)cc(C(F)F)c34)cn2n1. The quantitative estimate of drug-likeness (QED) is 0.442. The van der Waals surface area contributed by atoms with Gasteiger partial charge in [0.15, 0.2) is 17.3 Å². The molecule has 1 saturated heterocycles. The van der Waals surface area contributed by atoms with Gasteiger partial charge in [-0.1, -0.05) is 0 Å². The molecule has 5 rings (SSSR count). The van der Waals surface area contributed by atoms with Crippen molar-refractivity contribution in [1.29, 1.82) is 0 Å². The number of nitrogens with zero attached hydrogens (tertiary/aromatic N) is 5. The Hall–Kier alpha value is -3.34. The van der Waals surface area contributed by atoms with Crippen molar-refractivity contribution in [3.63, 3.8) is 0 Å². The minimum atomic E-state index is -2.70. The maximum atomic E-state index is 14.4. The molecule has 1 aliphatic rings. The first kappa shape index (κ1) is 20.6. The first-order chi connectivity index (χ1) is 15.3. The number of aromatic nitrogens is 5. The number of piperazine rings is 1. The largest absolute Gasteiger partial charge is 0.368 e. The van der Waals surface area contributed by atoms with E-state index < -0.39 is 12.2 Å². The number of anilines is 3. The molecular formula is C21H23F3N8. The second-order valence-electron chi connectivity index (χ2n) is 8.33. The summed E-state index contributed by atoms with van der Waals surface area (Å²) in [6.45, 7) is 7.23. The van der Waals surface area contributed by atoms with Crippen LogP contribution in [0.5, 0.6) is 0 Å². The zero-order valence-electron chi connectivity index (χ0n) is 17.8. The average Bonchev–Trinajstić information content (AvgIpc) is 3.29. The molecule has 3 N–H and O–H groups in total. The number of nitrogens with one attached hydrogen (secondary N) is 3. The first-order valence-corrected chi connectivity index (χ1v) is 10.4. The second-order valence-corrected chi connectivity index (χ2v) is 8.33. The molecule has 11 heteroatoms. The van der Waals surface area contributed by atoms with Crippen molar-refractivity contribution in [3.8, 4) is 0 Å². The van der Waals surface area contributed by atoms with Crippen LogP contribution in [-0.4, -0.2) is 50.0 Å². The molecule has 0 amide bonds. The summed E-state index contributed by atoms with van der Waals surface area (Å²) in [5.74, 6) is 0.0450. The standard InChI is InChI=1S/C21H23F3N8/c1-10-7-31(8-11(2)25-10)14-5-15(19(23)24)18-17(6-14)28-29-20(18)27-13-4-16(22)21-26-12(3)30-32(21)9-13/h4-6,9-11,19,25H,7-8H2,1-3H3,(H2,27,28,29)/t10-,11-/m0/s1. The Kier molecular flexibility index (Phi) is 4.92. The topological polar surface area (TPSA) is 86.2 Å². The van der Waals surface area contributed by atoms with E-state index >= 15 is 0 Å². The van der Waals surface area contributed by atoms with Crippen LogP contribution in [0, 0.1) is 12.7 Å². The van der Waals surface area contributed by atoms with Crippen LogP contribution in [0.4, 0.5) is 30.4 Å². The smallest absolute Gasteiger partial charge is 0.264 e. The molecule has 0 radical (unpaired) electrons. The molecule has 1 fully saturated rings. The number of pyridine rings is 1. The third kappa shape index (κ3) is 3.62. The number of rotatable bonds is 4. The lowest BCUT2D eigenvalue weighted by Gasteiger charge is -2.37. The van der Waals surface area contributed by atoms with Crippen LogP contribution in [-0.2, 0) is 0 Å². The highest BCUT2D eigenvalue weighted by atomic mass is 19.3. The Bertz CT molecular complexity index is 1290. The normalized spacial score (nSPS) is 19.4. The molecule has 32 heavy (non-hydrogen) atoms. The molecule has 4 heterocycles. The van der Waals surface area contributed by atoms with Gasteiger partial charge in [-0.3, -0.25) is 5.10 Å². The fraction of sp³-hybridized carbons (Fsp3) is 0.381. The number of benzene rings is 1. The Morgan fingerprint density at radius 1 is 1.16 bits per heavy atom. The Labute approximate surface area is 181 Å². The fourth-order valence-electron chi connectivity index (χ4n) is 4.41. The Morgan fingerprint density at radius 3 is 2.62 bits per heavy atom. The van der Waals surface area contributed by atoms with E-state index in [4.69, 9.17) is 0 Å². The lowest BCUT2D eigenvalue weighted by atomic mass is 10.1. The predicted molar refractivity (Wildman–Crippen MR) is 116 cm³/mol. The van der Waals surface area contributed by atoms with Crippen molar-refractivity contribution in [2.45, 2.75) is 39.3 Å². The highest BCUT2D eigenvalue weighted by Gasteiger charge is 2.25. The summed E-state index contributed by atoms with van der Waals surface area (Å²) >= 11 is 0. The summed E-state index contributed by atoms with van der Waals surface area (Å²) in [5.41, 5.74) is 1.48. The van der Waals surface area contributed by atoms with Crippen molar-refractivity contribution in [1.82, 2.24) is 30.1 Å². The van der Waals surface area contributed by atoms with Gasteiger partial charge in [0.1, 0.15) is 5.82 Å². The van der Waals surface area contributed by atoms with Crippen molar-refractivity contribution in [2.75, 3.05) is 23.3 Å². The molecule has 1 aromatic carbocycles. The third-order valence-electron chi connectivity index (χ3n) is 5.59. The van der Waals surface area contributed by atoms with Crippen molar-refractivity contribution in [2.24, 2.45) is 0 Å². The predicted octanol–water partition coefficient (Wildman–Crippen LogP) is 3.92. The molecule has 3 aromatic heterocycles. The molecule has 8 nitrogen and oxygen atoms in total. The highest BCUT2D eigenvalue weighted by molar-refractivity contribution is 5.96. The van der Waals surface area contributed by atoms with Crippen LogP contribution in [0.25, 0.3) is 16.6 Å². The monoisotopic (exact) mass is 444 g/mol. The Balaban J connectivity index is 1.55. The average molecular weight is 444 g/mol. The second kappa shape index (κ2) is 7.66. The van der Waals surface area contributed by atoms with Gasteiger partial charge in [-0.25, -0.2) is 22.7 Å². The molecule has 0 spiro atoms. The number of H-pyrrole nitrogens is 1. The zero-order valence-corrected chi connectivity index (χ0v) is 17.8. The lowest BCUT2D eigenvalue weighted by molar-refractivity contribution is 0.153. The van der Waals surface area contributed by atoms with E-state index in [2.05, 4.69) is 49.7 Å². The number of alkyl halides is 2. The van der Waals surface area contributed by atoms with Gasteiger partial charge in [-0.05, 0) is 32.9 Å². The van der Waals surface area contributed by atoms with Gasteiger partial charge in [-0.2, -0.15) is 10.2 Å². The Morgan fingerprint density at radius 2 is 1.91 bits per heavy atom. The van der Waals surface area contributed by atoms with Gasteiger partial charge in [0, 0.05) is 42.5 Å². The van der Waals surface area contributed by atoms with Gasteiger partial charge in [-0.15, -0.1) is 0 Å². The molecule has 0 unspecified atom stereocenters. The van der Waals surface area contributed by atoms with E-state index in [1.165, 1.54) is 16.6 Å². The van der Waals surface area contributed by atoms with Gasteiger partial charge in [0.05, 0.1) is 22.8 Å². The summed E-state index contributed by atoms with van der Waals surface area (Å²) in [7, 11) is 0. The fourth-order valence-corrected chi connectivity index (χ4v) is 4.41. The summed E-state index contributed by atoms with van der Waals surface area (Å²) in [6.07, 6.45) is -1.16. The van der Waals surface area contributed by atoms with Crippen molar-refractivity contribution in [3.05, 3.63) is 41.6 Å². The third-order valence-corrected chi connectivity index (χ3v) is 5.59. The van der Waals surface area contributed by atoms with E-state index in [1.54, 1.807) is 13.1 Å². The molecule has 4 aromatic rings. The van der Waals surface area contributed by atoms with E-state index in [1.807, 2.05) is 6.07 Å². The number of hydrogen-bond donors (Lipinski definition) is 3. The summed E-state index contributed by atoms with van der Waals surface area (Å²) in [5, 5.41) is 17.8. The number of halogens is 3. The van der Waals surface area contributed by atoms with Gasteiger partial charge < -0.3 is 15.5 Å². The molecule has 1 aliphatic heterocycles. The molecule has 0 saturated carbocycles. The minimum absolute atomic E-state index is 0.0947. The van der Waals surface area contributed by atoms with E-state index in [-0.39, 0.29) is 34.5 Å². The number of fused-ring (bicyclic) bond motifs is 2. The molecule has 168 valence electrons. The van der Waals surface area contributed by atoms with Crippen LogP contribution < -0.4 is 15.5 Å². The number of aromatic amines is 1. The number of hydrogen-bond acceptors (Lipinski definition) is 6.